The summed E-state index contributed by atoms with van der Waals surface area (Å²) in [7, 11) is 1.81. The normalized spacial score (nSPS) is 20.0. The van der Waals surface area contributed by atoms with Gasteiger partial charge in [0.25, 0.3) is 0 Å². The molecular weight excluding hydrogens is 300 g/mol. The molecule has 1 aromatic carbocycles. The van der Waals surface area contributed by atoms with Crippen LogP contribution in [0, 0.1) is 5.92 Å². The molecule has 2 N–H and O–H groups in total. The third-order valence-electron chi connectivity index (χ3n) is 4.56. The van der Waals surface area contributed by atoms with Crippen LogP contribution in [-0.4, -0.2) is 40.9 Å². The highest BCUT2D eigenvalue weighted by molar-refractivity contribution is 5.79. The van der Waals surface area contributed by atoms with Gasteiger partial charge in [0, 0.05) is 33.1 Å². The van der Waals surface area contributed by atoms with E-state index < -0.39 is 0 Å². The van der Waals surface area contributed by atoms with Gasteiger partial charge in [-0.1, -0.05) is 37.3 Å². The minimum absolute atomic E-state index is 0.695. The van der Waals surface area contributed by atoms with Crippen LogP contribution in [-0.2, 0) is 13.0 Å². The molecule has 1 saturated carbocycles. The molecule has 1 fully saturated rings. The van der Waals surface area contributed by atoms with Crippen LogP contribution in [0.25, 0.3) is 0 Å². The Balaban J connectivity index is 1.39. The predicted octanol–water partition coefficient (Wildman–Crippen LogP) is 1.81. The smallest absolute Gasteiger partial charge is 0.191 e. The molecule has 0 radical (unpaired) electrons. The third-order valence-corrected chi connectivity index (χ3v) is 4.56. The van der Waals surface area contributed by atoms with E-state index in [0.717, 1.165) is 37.8 Å². The lowest BCUT2D eigenvalue weighted by molar-refractivity contribution is 0.628. The molecule has 1 aliphatic carbocycles. The molecule has 3 rings (SSSR count). The Hall–Kier alpha value is -2.37. The first-order chi connectivity index (χ1) is 11.8. The van der Waals surface area contributed by atoms with Crippen molar-refractivity contribution in [3.63, 3.8) is 0 Å². The Morgan fingerprint density at radius 3 is 2.88 bits per heavy atom. The van der Waals surface area contributed by atoms with E-state index in [1.807, 2.05) is 7.05 Å². The fourth-order valence-corrected chi connectivity index (χ4v) is 3.06. The minimum Gasteiger partial charge on any atom is -0.356 e. The van der Waals surface area contributed by atoms with Gasteiger partial charge in [0.15, 0.2) is 5.96 Å². The van der Waals surface area contributed by atoms with E-state index in [1.54, 1.807) is 6.33 Å². The molecule has 0 amide bonds. The maximum atomic E-state index is 4.30. The molecule has 2 unspecified atom stereocenters. The Morgan fingerprint density at radius 1 is 1.29 bits per heavy atom. The fourth-order valence-electron chi connectivity index (χ4n) is 3.06. The summed E-state index contributed by atoms with van der Waals surface area (Å²) >= 11 is 0. The van der Waals surface area contributed by atoms with E-state index in [1.165, 1.54) is 12.0 Å². The number of hydrogen-bond donors (Lipinski definition) is 2. The number of guanidine groups is 1. The number of nitrogens with one attached hydrogen (secondary N) is 2. The first kappa shape index (κ1) is 16.5. The van der Waals surface area contributed by atoms with Crippen molar-refractivity contribution in [2.45, 2.75) is 32.2 Å². The molecule has 6 heteroatoms. The van der Waals surface area contributed by atoms with Crippen LogP contribution in [0.15, 0.2) is 41.7 Å². The second kappa shape index (κ2) is 7.95. The van der Waals surface area contributed by atoms with E-state index in [4.69, 9.17) is 0 Å². The fraction of sp³-hybridized carbons (Fsp3) is 0.500. The van der Waals surface area contributed by atoms with Crippen LogP contribution in [0.4, 0.5) is 0 Å². The van der Waals surface area contributed by atoms with Crippen LogP contribution in [0.5, 0.6) is 0 Å². The number of aliphatic imine (C=N–C) groups is 1. The minimum atomic E-state index is 0.695. The largest absolute Gasteiger partial charge is 0.356 e. The number of hydrogen-bond acceptors (Lipinski definition) is 3. The quantitative estimate of drug-likeness (QED) is 0.601. The summed E-state index contributed by atoms with van der Waals surface area (Å²) in [6.45, 7) is 4.70. The summed E-state index contributed by atoms with van der Waals surface area (Å²) in [4.78, 5) is 4.30. The number of aromatic nitrogens is 3. The number of nitrogens with zero attached hydrogens (tertiary/aromatic N) is 4. The highest BCUT2D eigenvalue weighted by Crippen LogP contribution is 2.46. The van der Waals surface area contributed by atoms with Gasteiger partial charge in [-0.15, -0.1) is 10.2 Å². The Kier molecular flexibility index (Phi) is 5.46. The van der Waals surface area contributed by atoms with Crippen molar-refractivity contribution in [3.05, 3.63) is 48.0 Å². The highest BCUT2D eigenvalue weighted by Gasteiger charge is 2.37. The molecule has 0 saturated heterocycles. The lowest BCUT2D eigenvalue weighted by Gasteiger charge is -2.12. The van der Waals surface area contributed by atoms with Crippen molar-refractivity contribution in [2.75, 3.05) is 20.1 Å². The van der Waals surface area contributed by atoms with Crippen molar-refractivity contribution >= 4 is 5.96 Å². The van der Waals surface area contributed by atoms with Gasteiger partial charge in [0.05, 0.1) is 0 Å². The second-order valence-electron chi connectivity index (χ2n) is 6.19. The van der Waals surface area contributed by atoms with Gasteiger partial charge in [-0.25, -0.2) is 0 Å². The average Bonchev–Trinajstić information content (AvgIpc) is 3.27. The van der Waals surface area contributed by atoms with Crippen LogP contribution >= 0.6 is 0 Å². The molecule has 0 bridgehead atoms. The molecule has 0 aliphatic heterocycles. The zero-order chi connectivity index (χ0) is 16.8. The first-order valence-corrected chi connectivity index (χ1v) is 8.68. The Labute approximate surface area is 143 Å². The Bertz CT molecular complexity index is 663. The van der Waals surface area contributed by atoms with Crippen LogP contribution < -0.4 is 10.6 Å². The monoisotopic (exact) mass is 326 g/mol. The van der Waals surface area contributed by atoms with Gasteiger partial charge in [0.1, 0.15) is 12.2 Å². The van der Waals surface area contributed by atoms with Crippen molar-refractivity contribution in [3.8, 4) is 0 Å². The van der Waals surface area contributed by atoms with Gasteiger partial charge in [-0.2, -0.15) is 0 Å². The topological polar surface area (TPSA) is 67.1 Å². The summed E-state index contributed by atoms with van der Waals surface area (Å²) in [5, 5.41) is 14.8. The van der Waals surface area contributed by atoms with Crippen molar-refractivity contribution in [2.24, 2.45) is 10.9 Å². The molecule has 1 aromatic heterocycles. The molecule has 24 heavy (non-hydrogen) atoms. The zero-order valence-electron chi connectivity index (χ0n) is 14.4. The maximum absolute atomic E-state index is 4.30. The Morgan fingerprint density at radius 2 is 2.12 bits per heavy atom. The number of benzene rings is 1. The maximum Gasteiger partial charge on any atom is 0.191 e. The second-order valence-corrected chi connectivity index (χ2v) is 6.19. The lowest BCUT2D eigenvalue weighted by Crippen LogP contribution is -2.39. The number of rotatable bonds is 7. The predicted molar refractivity (Wildman–Crippen MR) is 96.1 cm³/mol. The molecule has 1 aliphatic rings. The standard InChI is InChI=1S/C18H26N6/c1-3-17-23-22-13-24(17)10-9-20-18(19-2)21-12-15-11-16(15)14-7-5-4-6-8-14/h4-8,13,15-16H,3,9-12H2,1-2H3,(H2,19,20,21). The van der Waals surface area contributed by atoms with Crippen LogP contribution in [0.2, 0.25) is 0 Å². The van der Waals surface area contributed by atoms with Crippen molar-refractivity contribution < 1.29 is 0 Å². The SMILES string of the molecule is CCc1nncn1CCNC(=NC)NCC1CC1c1ccccc1. The van der Waals surface area contributed by atoms with Crippen molar-refractivity contribution in [1.82, 2.24) is 25.4 Å². The lowest BCUT2D eigenvalue weighted by atomic mass is 10.1. The van der Waals surface area contributed by atoms with Crippen LogP contribution in [0.3, 0.4) is 0 Å². The van der Waals surface area contributed by atoms with Crippen molar-refractivity contribution in [1.29, 1.82) is 0 Å². The summed E-state index contributed by atoms with van der Waals surface area (Å²) in [5.41, 5.74) is 1.45. The van der Waals surface area contributed by atoms with E-state index in [2.05, 4.69) is 67.6 Å². The van der Waals surface area contributed by atoms with E-state index >= 15 is 0 Å². The zero-order valence-corrected chi connectivity index (χ0v) is 14.4. The third kappa shape index (κ3) is 4.13. The van der Waals surface area contributed by atoms with Crippen LogP contribution in [0.1, 0.15) is 30.7 Å². The van der Waals surface area contributed by atoms with Gasteiger partial charge < -0.3 is 15.2 Å². The summed E-state index contributed by atoms with van der Waals surface area (Å²) in [5.74, 6) is 3.28. The average molecular weight is 326 g/mol. The molecule has 6 nitrogen and oxygen atoms in total. The van der Waals surface area contributed by atoms with E-state index in [9.17, 15) is 0 Å². The van der Waals surface area contributed by atoms with Gasteiger partial charge in [-0.3, -0.25) is 4.99 Å². The van der Waals surface area contributed by atoms with Gasteiger partial charge in [-0.05, 0) is 23.8 Å². The van der Waals surface area contributed by atoms with Gasteiger partial charge >= 0.3 is 0 Å². The molecular formula is C18H26N6. The summed E-state index contributed by atoms with van der Waals surface area (Å²) in [6.07, 6.45) is 3.94. The molecule has 0 spiro atoms. The number of aryl methyl sites for hydroxylation is 1. The van der Waals surface area contributed by atoms with E-state index in [0.29, 0.717) is 11.8 Å². The van der Waals surface area contributed by atoms with E-state index in [-0.39, 0.29) is 0 Å². The molecule has 2 aromatic rings. The molecule has 2 atom stereocenters. The van der Waals surface area contributed by atoms with Gasteiger partial charge in [0.2, 0.25) is 0 Å². The molecule has 128 valence electrons. The first-order valence-electron chi connectivity index (χ1n) is 8.68. The molecule has 1 heterocycles. The summed E-state index contributed by atoms with van der Waals surface area (Å²) in [6, 6.07) is 10.8. The summed E-state index contributed by atoms with van der Waals surface area (Å²) < 4.78 is 2.08. The highest BCUT2D eigenvalue weighted by atomic mass is 15.3.